The molecule has 6 rings (SSSR count). The number of phenols is 2. The third-order valence-corrected chi connectivity index (χ3v) is 11.3. The number of hydrogen-bond donors (Lipinski definition) is 6. The van der Waals surface area contributed by atoms with E-state index >= 15 is 0 Å². The largest absolute Gasteiger partial charge is 0.504 e. The van der Waals surface area contributed by atoms with Gasteiger partial charge >= 0.3 is 23.8 Å². The highest BCUT2D eigenvalue weighted by Crippen LogP contribution is 2.66. The minimum absolute atomic E-state index is 0.0325. The van der Waals surface area contributed by atoms with Crippen molar-refractivity contribution in [2.45, 2.75) is 77.1 Å². The number of aromatic nitrogens is 1. The van der Waals surface area contributed by atoms with Crippen LogP contribution in [0.4, 0.5) is 0 Å². The van der Waals surface area contributed by atoms with Crippen LogP contribution in [0.1, 0.15) is 56.6 Å². The molecular formula is C37H44N2O11. The number of hydrogen-bond acceptors (Lipinski definition) is 11. The summed E-state index contributed by atoms with van der Waals surface area (Å²) in [7, 11) is 0. The quantitative estimate of drug-likeness (QED) is 0.0854. The number of aliphatic hydroxyl groups is 2. The van der Waals surface area contributed by atoms with Crippen LogP contribution in [-0.2, 0) is 35.1 Å². The number of fused-ring (bicyclic) bond motifs is 6. The van der Waals surface area contributed by atoms with Gasteiger partial charge in [-0.1, -0.05) is 38.1 Å². The molecule has 1 aliphatic heterocycles. The summed E-state index contributed by atoms with van der Waals surface area (Å²) < 4.78 is 17.2. The maximum absolute atomic E-state index is 13.1. The number of H-pyrrole nitrogens is 1. The minimum Gasteiger partial charge on any atom is -0.504 e. The van der Waals surface area contributed by atoms with E-state index in [9.17, 15) is 39.6 Å². The van der Waals surface area contributed by atoms with Gasteiger partial charge in [0.15, 0.2) is 11.5 Å². The fourth-order valence-corrected chi connectivity index (χ4v) is 8.77. The van der Waals surface area contributed by atoms with Gasteiger partial charge in [0.05, 0.1) is 11.7 Å². The van der Waals surface area contributed by atoms with E-state index in [1.165, 1.54) is 25.1 Å². The summed E-state index contributed by atoms with van der Waals surface area (Å²) in [5.74, 6) is -6.52. The smallest absolute Gasteiger partial charge is 0.397 e. The standard InChI is InChI=1S/C37H44N2O11/c1-17-14-18(2)37(47)22(8-10-23-28-29(30(23)37)31(43)19(3)33(28)50-35(45)24-6-5-13-38-24)9-12-27(42)49-32(17)20(4)48-36(46)34(44)39-16-21-7-11-25(40)26(41)15-21/h5-8,10-11,13-15,17,19-20,22-23,28-33,38,40-41,43,47H,9,12,16H2,1-4H3,(H,39,44)/b18-14+/t17-,19-,20-,22?,23?,28+,29?,30?,31-,32+,33-,37+/m1/s1. The number of ether oxygens (including phenoxy) is 3. The molecule has 268 valence electrons. The van der Waals surface area contributed by atoms with Crippen molar-refractivity contribution in [1.82, 2.24) is 10.3 Å². The van der Waals surface area contributed by atoms with Crippen molar-refractivity contribution >= 4 is 23.8 Å². The third-order valence-electron chi connectivity index (χ3n) is 11.3. The lowest BCUT2D eigenvalue weighted by Crippen LogP contribution is -2.64. The Balaban J connectivity index is 1.18. The van der Waals surface area contributed by atoms with Gasteiger partial charge in [-0.05, 0) is 67.5 Å². The number of aliphatic hydroxyl groups excluding tert-OH is 1. The monoisotopic (exact) mass is 692 g/mol. The summed E-state index contributed by atoms with van der Waals surface area (Å²) in [5.41, 5.74) is -0.0537. The minimum atomic E-state index is -1.43. The van der Waals surface area contributed by atoms with Crippen LogP contribution < -0.4 is 5.32 Å². The normalized spacial score (nSPS) is 36.2. The van der Waals surface area contributed by atoms with E-state index in [2.05, 4.69) is 10.3 Å². The zero-order valence-electron chi connectivity index (χ0n) is 28.3. The molecule has 0 radical (unpaired) electrons. The summed E-state index contributed by atoms with van der Waals surface area (Å²) in [4.78, 5) is 54.2. The lowest BCUT2D eigenvalue weighted by molar-refractivity contribution is -0.180. The summed E-state index contributed by atoms with van der Waals surface area (Å²) in [5, 5.41) is 45.8. The zero-order chi connectivity index (χ0) is 36.1. The Hall–Kier alpha value is -4.62. The molecule has 50 heavy (non-hydrogen) atoms. The van der Waals surface area contributed by atoms with Crippen LogP contribution >= 0.6 is 0 Å². The maximum atomic E-state index is 13.1. The number of aromatic amines is 1. The molecule has 2 saturated carbocycles. The summed E-state index contributed by atoms with van der Waals surface area (Å²) in [6.45, 7) is 6.84. The van der Waals surface area contributed by atoms with Crippen LogP contribution in [-0.4, -0.2) is 79.2 Å². The van der Waals surface area contributed by atoms with E-state index in [0.717, 1.165) is 0 Å². The van der Waals surface area contributed by atoms with E-state index in [1.54, 1.807) is 31.3 Å². The van der Waals surface area contributed by atoms with Crippen LogP contribution in [0.2, 0.25) is 0 Å². The topological polar surface area (TPSA) is 205 Å². The molecule has 0 saturated heterocycles. The van der Waals surface area contributed by atoms with Crippen LogP contribution in [0.15, 0.2) is 60.3 Å². The molecule has 1 aromatic heterocycles. The number of carbonyl (C=O) groups is 4. The first kappa shape index (κ1) is 35.2. The third kappa shape index (κ3) is 6.17. The van der Waals surface area contributed by atoms with E-state index < -0.39 is 71.6 Å². The Kier molecular flexibility index (Phi) is 9.57. The molecule has 0 bridgehead atoms. The first-order valence-electron chi connectivity index (χ1n) is 17.0. The summed E-state index contributed by atoms with van der Waals surface area (Å²) in [6, 6.07) is 7.31. The van der Waals surface area contributed by atoms with Gasteiger partial charge in [-0.3, -0.25) is 9.59 Å². The second-order valence-corrected chi connectivity index (χ2v) is 14.2. The van der Waals surface area contributed by atoms with Gasteiger partial charge in [-0.25, -0.2) is 9.59 Å². The number of carbonyl (C=O) groups excluding carboxylic acids is 4. The zero-order valence-corrected chi connectivity index (χ0v) is 28.3. The van der Waals surface area contributed by atoms with Crippen molar-refractivity contribution in [3.8, 4) is 11.5 Å². The van der Waals surface area contributed by atoms with Crippen molar-refractivity contribution < 1.29 is 53.8 Å². The molecule has 2 aromatic rings. The predicted molar refractivity (Wildman–Crippen MR) is 176 cm³/mol. The highest BCUT2D eigenvalue weighted by Gasteiger charge is 2.70. The SMILES string of the molecule is C/C1=C\[C@@H](C)[C@@H]([C@@H](C)OC(=O)C(=O)NCc2ccc(O)c(O)c2)OC(=O)CCC2C=CC3C(C4[C@H]3[C@H](OC(=O)c3ccc[nH]3)[C@H](C)[C@H]4O)[C@]12O. The van der Waals surface area contributed by atoms with Crippen LogP contribution in [0.3, 0.4) is 0 Å². The second-order valence-electron chi connectivity index (χ2n) is 14.2. The van der Waals surface area contributed by atoms with Gasteiger partial charge in [0.1, 0.15) is 24.0 Å². The molecule has 13 heteroatoms. The van der Waals surface area contributed by atoms with Crippen molar-refractivity contribution in [2.75, 3.05) is 0 Å². The van der Waals surface area contributed by atoms with Crippen molar-refractivity contribution in [3.05, 3.63) is 71.6 Å². The fraction of sp³-hybridized carbons (Fsp3) is 0.514. The molecule has 1 amide bonds. The van der Waals surface area contributed by atoms with Crippen LogP contribution in [0.5, 0.6) is 11.5 Å². The Morgan fingerprint density at radius 3 is 2.58 bits per heavy atom. The fourth-order valence-electron chi connectivity index (χ4n) is 8.77. The average molecular weight is 693 g/mol. The highest BCUT2D eigenvalue weighted by molar-refractivity contribution is 6.32. The number of nitrogens with one attached hydrogen (secondary N) is 2. The number of aromatic hydroxyl groups is 2. The molecule has 3 aliphatic carbocycles. The van der Waals surface area contributed by atoms with Gasteiger partial charge < -0.3 is 44.9 Å². The number of cyclic esters (lactones) is 1. The van der Waals surface area contributed by atoms with Gasteiger partial charge in [0.25, 0.3) is 0 Å². The molecule has 0 spiro atoms. The molecule has 4 aliphatic rings. The maximum Gasteiger partial charge on any atom is 0.397 e. The molecule has 13 nitrogen and oxygen atoms in total. The van der Waals surface area contributed by atoms with Gasteiger partial charge in [-0.15, -0.1) is 0 Å². The highest BCUT2D eigenvalue weighted by atomic mass is 16.6. The second kappa shape index (κ2) is 13.6. The molecule has 6 N–H and O–H groups in total. The van der Waals surface area contributed by atoms with Gasteiger partial charge in [-0.2, -0.15) is 0 Å². The summed E-state index contributed by atoms with van der Waals surface area (Å²) >= 11 is 0. The van der Waals surface area contributed by atoms with Crippen molar-refractivity contribution in [1.29, 1.82) is 0 Å². The molecule has 2 heterocycles. The predicted octanol–water partition coefficient (Wildman–Crippen LogP) is 2.89. The number of esters is 3. The Labute approximate surface area is 289 Å². The Morgan fingerprint density at radius 1 is 1.12 bits per heavy atom. The Morgan fingerprint density at radius 2 is 1.88 bits per heavy atom. The van der Waals surface area contributed by atoms with Gasteiger partial charge in [0.2, 0.25) is 0 Å². The van der Waals surface area contributed by atoms with Crippen LogP contribution in [0.25, 0.3) is 0 Å². The summed E-state index contributed by atoms with van der Waals surface area (Å²) in [6.07, 6.45) is 4.20. The molecule has 4 unspecified atom stereocenters. The van der Waals surface area contributed by atoms with Gasteiger partial charge in [0, 0.05) is 48.8 Å². The number of phenolic OH excluding ortho intramolecular Hbond substituents is 2. The lowest BCUT2D eigenvalue weighted by Gasteiger charge is -2.61. The van der Waals surface area contributed by atoms with E-state index in [-0.39, 0.29) is 54.6 Å². The van der Waals surface area contributed by atoms with Crippen molar-refractivity contribution in [3.63, 3.8) is 0 Å². The average Bonchev–Trinajstić information content (AvgIpc) is 3.67. The number of rotatable bonds is 6. The van der Waals surface area contributed by atoms with E-state index in [4.69, 9.17) is 14.2 Å². The number of amides is 1. The first-order chi connectivity index (χ1) is 23.7. The van der Waals surface area contributed by atoms with Crippen molar-refractivity contribution in [2.24, 2.45) is 41.4 Å². The van der Waals surface area contributed by atoms with E-state index in [0.29, 0.717) is 16.8 Å². The van der Waals surface area contributed by atoms with E-state index in [1.807, 2.05) is 26.0 Å². The first-order valence-corrected chi connectivity index (χ1v) is 17.0. The molecule has 1 aromatic carbocycles. The number of benzene rings is 1. The lowest BCUT2D eigenvalue weighted by atomic mass is 9.46. The molecular weight excluding hydrogens is 648 g/mol. The van der Waals surface area contributed by atoms with Crippen LogP contribution in [0, 0.1) is 41.4 Å². The number of allylic oxidation sites excluding steroid dienone is 1. The Bertz CT molecular complexity index is 1700. The molecule has 2 fully saturated rings. The molecule has 12 atom stereocenters.